The molecule has 0 aromatic carbocycles. The van der Waals surface area contributed by atoms with Gasteiger partial charge in [-0.2, -0.15) is 0 Å². The molecule has 1 aliphatic carbocycles. The van der Waals surface area contributed by atoms with Crippen molar-refractivity contribution in [1.82, 2.24) is 4.98 Å². The molecule has 0 saturated heterocycles. The third-order valence-electron chi connectivity index (χ3n) is 2.63. The predicted octanol–water partition coefficient (Wildman–Crippen LogP) is 1.54. The van der Waals surface area contributed by atoms with Crippen molar-refractivity contribution >= 4 is 0 Å². The van der Waals surface area contributed by atoms with E-state index in [1.54, 1.807) is 6.20 Å². The summed E-state index contributed by atoms with van der Waals surface area (Å²) in [5.41, 5.74) is 0.918. The third-order valence-corrected chi connectivity index (χ3v) is 2.63. The molecule has 1 aromatic rings. The number of hydrogen-bond donors (Lipinski definition) is 1. The van der Waals surface area contributed by atoms with Crippen LogP contribution < -0.4 is 0 Å². The maximum atomic E-state index is 12.7. The fraction of sp³-hybridized carbons (Fsp3) is 0.500. The summed E-state index contributed by atoms with van der Waals surface area (Å²) in [4.78, 5) is 3.77. The lowest BCUT2D eigenvalue weighted by Gasteiger charge is -2.10. The Kier molecular flexibility index (Phi) is 2.04. The summed E-state index contributed by atoms with van der Waals surface area (Å²) < 4.78 is 12.7. The van der Waals surface area contributed by atoms with Crippen molar-refractivity contribution in [2.45, 2.75) is 19.3 Å². The van der Waals surface area contributed by atoms with Crippen molar-refractivity contribution in [3.8, 4) is 0 Å². The molecule has 2 nitrogen and oxygen atoms in total. The van der Waals surface area contributed by atoms with Gasteiger partial charge in [0.25, 0.3) is 0 Å². The smallest absolute Gasteiger partial charge is 0.141 e. The lowest BCUT2D eigenvalue weighted by atomic mass is 9.99. The van der Waals surface area contributed by atoms with Crippen molar-refractivity contribution in [2.75, 3.05) is 6.61 Å². The molecule has 1 aromatic heterocycles. The van der Waals surface area contributed by atoms with E-state index in [1.165, 1.54) is 12.3 Å². The number of aliphatic hydroxyl groups is 1. The van der Waals surface area contributed by atoms with E-state index < -0.39 is 0 Å². The average molecular weight is 181 g/mol. The zero-order valence-electron chi connectivity index (χ0n) is 7.33. The molecular formula is C10H12FNO. The van der Waals surface area contributed by atoms with E-state index >= 15 is 0 Å². The molecule has 0 unspecified atom stereocenters. The Balaban J connectivity index is 2.09. The number of halogens is 1. The van der Waals surface area contributed by atoms with Crippen LogP contribution in [0.15, 0.2) is 18.5 Å². The highest BCUT2D eigenvalue weighted by Crippen LogP contribution is 2.47. The van der Waals surface area contributed by atoms with Crippen LogP contribution in [0, 0.1) is 11.2 Å². The monoisotopic (exact) mass is 181 g/mol. The van der Waals surface area contributed by atoms with Gasteiger partial charge in [-0.25, -0.2) is 4.39 Å². The van der Waals surface area contributed by atoms with Gasteiger partial charge in [0.2, 0.25) is 0 Å². The molecule has 1 aliphatic rings. The van der Waals surface area contributed by atoms with E-state index in [9.17, 15) is 4.39 Å². The molecule has 0 atom stereocenters. The van der Waals surface area contributed by atoms with E-state index in [-0.39, 0.29) is 17.8 Å². The first kappa shape index (κ1) is 8.63. The van der Waals surface area contributed by atoms with Gasteiger partial charge in [0.15, 0.2) is 0 Å². The van der Waals surface area contributed by atoms with Crippen LogP contribution >= 0.6 is 0 Å². The topological polar surface area (TPSA) is 33.1 Å². The molecule has 1 heterocycles. The quantitative estimate of drug-likeness (QED) is 0.767. The number of nitrogens with zero attached hydrogens (tertiary/aromatic N) is 1. The second kappa shape index (κ2) is 3.07. The van der Waals surface area contributed by atoms with E-state index in [2.05, 4.69) is 4.98 Å². The van der Waals surface area contributed by atoms with Gasteiger partial charge in [0.05, 0.1) is 6.20 Å². The van der Waals surface area contributed by atoms with E-state index in [0.29, 0.717) is 0 Å². The molecular weight excluding hydrogens is 169 g/mol. The van der Waals surface area contributed by atoms with Crippen molar-refractivity contribution in [3.63, 3.8) is 0 Å². The maximum absolute atomic E-state index is 12.7. The summed E-state index contributed by atoms with van der Waals surface area (Å²) in [6.45, 7) is 0.198. The second-order valence-corrected chi connectivity index (χ2v) is 3.85. The van der Waals surface area contributed by atoms with Gasteiger partial charge in [-0.1, -0.05) is 0 Å². The van der Waals surface area contributed by atoms with Crippen LogP contribution in [0.5, 0.6) is 0 Å². The standard InChI is InChI=1S/C10H12FNO/c11-9-3-8(5-12-6-9)4-10(7-13)1-2-10/h3,5-6,13H,1-2,4,7H2. The van der Waals surface area contributed by atoms with Gasteiger partial charge in [0.1, 0.15) is 5.82 Å². The van der Waals surface area contributed by atoms with Gasteiger partial charge in [-0.05, 0) is 36.3 Å². The summed E-state index contributed by atoms with van der Waals surface area (Å²) in [6.07, 6.45) is 5.69. The molecule has 1 saturated carbocycles. The molecule has 1 fully saturated rings. The highest BCUT2D eigenvalue weighted by Gasteiger charge is 2.41. The highest BCUT2D eigenvalue weighted by molar-refractivity contribution is 5.15. The Morgan fingerprint density at radius 1 is 1.46 bits per heavy atom. The first-order valence-electron chi connectivity index (χ1n) is 4.44. The van der Waals surface area contributed by atoms with Crippen LogP contribution in [0.4, 0.5) is 4.39 Å². The lowest BCUT2D eigenvalue weighted by molar-refractivity contribution is 0.211. The molecule has 0 radical (unpaired) electrons. The Bertz CT molecular complexity index is 310. The van der Waals surface area contributed by atoms with E-state index in [0.717, 1.165) is 24.8 Å². The minimum absolute atomic E-state index is 0.0372. The fourth-order valence-corrected chi connectivity index (χ4v) is 1.55. The van der Waals surface area contributed by atoms with Crippen LogP contribution in [0.3, 0.4) is 0 Å². The molecule has 0 amide bonds. The summed E-state index contributed by atoms with van der Waals surface area (Å²) in [5.74, 6) is -0.300. The zero-order valence-corrected chi connectivity index (χ0v) is 7.33. The Morgan fingerprint density at radius 2 is 2.23 bits per heavy atom. The summed E-state index contributed by atoms with van der Waals surface area (Å²) in [6, 6.07) is 1.49. The zero-order chi connectivity index (χ0) is 9.31. The minimum atomic E-state index is -0.300. The van der Waals surface area contributed by atoms with Gasteiger partial charge in [0, 0.05) is 12.8 Å². The minimum Gasteiger partial charge on any atom is -0.396 e. The molecule has 0 bridgehead atoms. The largest absolute Gasteiger partial charge is 0.396 e. The van der Waals surface area contributed by atoms with Gasteiger partial charge in [-0.3, -0.25) is 4.98 Å². The number of aromatic nitrogens is 1. The Hall–Kier alpha value is -0.960. The highest BCUT2D eigenvalue weighted by atomic mass is 19.1. The predicted molar refractivity (Wildman–Crippen MR) is 46.7 cm³/mol. The number of pyridine rings is 1. The van der Waals surface area contributed by atoms with Gasteiger partial charge in [-0.15, -0.1) is 0 Å². The SMILES string of the molecule is OCC1(Cc2cncc(F)c2)CC1. The van der Waals surface area contributed by atoms with Crippen LogP contribution in [0.25, 0.3) is 0 Å². The van der Waals surface area contributed by atoms with Gasteiger partial charge < -0.3 is 5.11 Å². The first-order valence-corrected chi connectivity index (χ1v) is 4.44. The molecule has 0 spiro atoms. The number of hydrogen-bond acceptors (Lipinski definition) is 2. The average Bonchev–Trinajstić information content (AvgIpc) is 2.86. The number of aliphatic hydroxyl groups excluding tert-OH is 1. The van der Waals surface area contributed by atoms with E-state index in [4.69, 9.17) is 5.11 Å². The Morgan fingerprint density at radius 3 is 2.77 bits per heavy atom. The fourth-order valence-electron chi connectivity index (χ4n) is 1.55. The molecule has 3 heteroatoms. The first-order chi connectivity index (χ1) is 6.24. The molecule has 70 valence electrons. The van der Waals surface area contributed by atoms with Crippen LogP contribution in [0.2, 0.25) is 0 Å². The molecule has 0 aliphatic heterocycles. The van der Waals surface area contributed by atoms with E-state index in [1.807, 2.05) is 0 Å². The molecule has 13 heavy (non-hydrogen) atoms. The maximum Gasteiger partial charge on any atom is 0.141 e. The number of rotatable bonds is 3. The van der Waals surface area contributed by atoms with Crippen molar-refractivity contribution in [1.29, 1.82) is 0 Å². The van der Waals surface area contributed by atoms with Crippen LogP contribution in [0.1, 0.15) is 18.4 Å². The Labute approximate surface area is 76.4 Å². The third kappa shape index (κ3) is 1.86. The van der Waals surface area contributed by atoms with Crippen molar-refractivity contribution in [2.24, 2.45) is 5.41 Å². The molecule has 1 N–H and O–H groups in total. The van der Waals surface area contributed by atoms with Crippen LogP contribution in [-0.2, 0) is 6.42 Å². The van der Waals surface area contributed by atoms with Crippen molar-refractivity contribution in [3.05, 3.63) is 29.8 Å². The summed E-state index contributed by atoms with van der Waals surface area (Å²) in [7, 11) is 0. The summed E-state index contributed by atoms with van der Waals surface area (Å²) >= 11 is 0. The second-order valence-electron chi connectivity index (χ2n) is 3.85. The lowest BCUT2D eigenvalue weighted by Crippen LogP contribution is -2.10. The summed E-state index contributed by atoms with van der Waals surface area (Å²) in [5, 5.41) is 9.07. The van der Waals surface area contributed by atoms with Crippen molar-refractivity contribution < 1.29 is 9.50 Å². The van der Waals surface area contributed by atoms with Crippen LogP contribution in [-0.4, -0.2) is 16.7 Å². The molecule has 2 rings (SSSR count). The van der Waals surface area contributed by atoms with Gasteiger partial charge >= 0.3 is 0 Å². The normalized spacial score (nSPS) is 18.6.